The Kier molecular flexibility index (Phi) is 5.80. The normalized spacial score (nSPS) is 23.4. The summed E-state index contributed by atoms with van der Waals surface area (Å²) in [5, 5.41) is 9.00. The molecule has 4 rings (SSSR count). The van der Waals surface area contributed by atoms with E-state index >= 15 is 0 Å². The Morgan fingerprint density at radius 1 is 1.19 bits per heavy atom. The fourth-order valence-electron chi connectivity index (χ4n) is 4.89. The lowest BCUT2D eigenvalue weighted by Gasteiger charge is -2.34. The second kappa shape index (κ2) is 8.53. The molecular weight excluding hydrogens is 396 g/mol. The number of nitrogens with zero attached hydrogens (tertiary/aromatic N) is 3. The fourth-order valence-corrected chi connectivity index (χ4v) is 4.89. The van der Waals surface area contributed by atoms with Crippen LogP contribution in [0, 0.1) is 5.92 Å². The summed E-state index contributed by atoms with van der Waals surface area (Å²) in [6.07, 6.45) is 4.72. The summed E-state index contributed by atoms with van der Waals surface area (Å²) in [5.74, 6) is -0.0504. The van der Waals surface area contributed by atoms with Gasteiger partial charge in [-0.3, -0.25) is 9.59 Å². The van der Waals surface area contributed by atoms with E-state index in [9.17, 15) is 9.59 Å². The van der Waals surface area contributed by atoms with E-state index < -0.39 is 5.97 Å². The first-order valence-electron chi connectivity index (χ1n) is 10.7. The molecule has 1 aliphatic carbocycles. The van der Waals surface area contributed by atoms with Gasteiger partial charge in [-0.05, 0) is 62.1 Å². The molecule has 2 aliphatic rings. The average molecular weight is 425 g/mol. The number of carboxylic acids is 1. The highest BCUT2D eigenvalue weighted by Gasteiger charge is 2.35. The van der Waals surface area contributed by atoms with Crippen LogP contribution in [0.25, 0.3) is 0 Å². The lowest BCUT2D eigenvalue weighted by Crippen LogP contribution is -2.45. The van der Waals surface area contributed by atoms with Crippen molar-refractivity contribution >= 4 is 23.4 Å². The molecule has 0 spiro atoms. The predicted octanol–water partition coefficient (Wildman–Crippen LogP) is 3.41. The van der Waals surface area contributed by atoms with Crippen LogP contribution in [0.2, 0.25) is 0 Å². The molecule has 1 saturated carbocycles. The largest absolute Gasteiger partial charge is 0.481 e. The summed E-state index contributed by atoms with van der Waals surface area (Å²) in [6, 6.07) is 8.24. The van der Waals surface area contributed by atoms with Gasteiger partial charge >= 0.3 is 12.0 Å². The maximum atomic E-state index is 13.2. The Morgan fingerprint density at radius 3 is 2.48 bits per heavy atom. The Hall–Kier alpha value is -3.16. The molecule has 0 bridgehead atoms. The third-order valence-corrected chi connectivity index (χ3v) is 6.49. The van der Waals surface area contributed by atoms with Gasteiger partial charge in [0.05, 0.1) is 12.8 Å². The van der Waals surface area contributed by atoms with E-state index in [-0.39, 0.29) is 36.1 Å². The number of nitrogens with two attached hydrogens (primary N) is 1. The Bertz CT molecular complexity index is 984. The molecule has 0 radical (unpaired) electrons. The van der Waals surface area contributed by atoms with Gasteiger partial charge < -0.3 is 20.5 Å². The average Bonchev–Trinajstić information content (AvgIpc) is 2.73. The highest BCUT2D eigenvalue weighted by molar-refractivity contribution is 6.11. The van der Waals surface area contributed by atoms with Gasteiger partial charge in [0.15, 0.2) is 0 Å². The molecule has 8 heteroatoms. The molecule has 2 heterocycles. The van der Waals surface area contributed by atoms with Crippen LogP contribution < -0.4 is 15.4 Å². The van der Waals surface area contributed by atoms with Crippen molar-refractivity contribution in [3.63, 3.8) is 0 Å². The molecule has 8 nitrogen and oxygen atoms in total. The van der Waals surface area contributed by atoms with Crippen LogP contribution >= 0.6 is 0 Å². The van der Waals surface area contributed by atoms with Crippen LogP contribution in [0.5, 0.6) is 6.01 Å². The van der Waals surface area contributed by atoms with Crippen LogP contribution in [0.15, 0.2) is 24.3 Å². The SMILES string of the molecule is COc1nc(N)c2c(n1)C[C@@H](C)N(c1ccc(C3CCC(CC(=O)O)CC3)cc1)C2=O. The quantitative estimate of drug-likeness (QED) is 0.755. The van der Waals surface area contributed by atoms with E-state index in [0.29, 0.717) is 23.6 Å². The number of ether oxygens (including phenoxy) is 1. The Balaban J connectivity index is 1.50. The summed E-state index contributed by atoms with van der Waals surface area (Å²) in [4.78, 5) is 34.3. The van der Waals surface area contributed by atoms with Gasteiger partial charge in [-0.15, -0.1) is 0 Å². The van der Waals surface area contributed by atoms with Crippen LogP contribution in [0.3, 0.4) is 0 Å². The summed E-state index contributed by atoms with van der Waals surface area (Å²) < 4.78 is 5.08. The zero-order chi connectivity index (χ0) is 22.1. The first-order valence-corrected chi connectivity index (χ1v) is 10.7. The molecular formula is C23H28N4O4. The van der Waals surface area contributed by atoms with Gasteiger partial charge in [0.25, 0.3) is 5.91 Å². The second-order valence-corrected chi connectivity index (χ2v) is 8.55. The Labute approximate surface area is 181 Å². The first kappa shape index (κ1) is 21.1. The van der Waals surface area contributed by atoms with Crippen molar-refractivity contribution in [3.8, 4) is 6.01 Å². The zero-order valence-electron chi connectivity index (χ0n) is 17.9. The van der Waals surface area contributed by atoms with Crippen molar-refractivity contribution in [2.45, 2.75) is 57.4 Å². The molecule has 1 aliphatic heterocycles. The number of aromatic nitrogens is 2. The molecule has 0 saturated heterocycles. The minimum absolute atomic E-state index is 0.0729. The second-order valence-electron chi connectivity index (χ2n) is 8.55. The smallest absolute Gasteiger partial charge is 0.318 e. The number of methoxy groups -OCH3 is 1. The van der Waals surface area contributed by atoms with Gasteiger partial charge in [-0.2, -0.15) is 9.97 Å². The number of nitrogen functional groups attached to an aromatic ring is 1. The number of carbonyl (C=O) groups is 2. The maximum Gasteiger partial charge on any atom is 0.318 e. The summed E-state index contributed by atoms with van der Waals surface area (Å²) >= 11 is 0. The standard InChI is InChI=1S/C23H28N4O4/c1-13-11-18-20(21(24)26-23(25-18)31-2)22(30)27(13)17-9-7-16(8-10-17)15-5-3-14(4-6-15)12-19(28)29/h7-10,13-15H,3-6,11-12H2,1-2H3,(H,28,29)(H2,24,25,26)/t13-,14?,15?/m1/s1. The lowest BCUT2D eigenvalue weighted by molar-refractivity contribution is -0.138. The number of hydrogen-bond donors (Lipinski definition) is 2. The first-order chi connectivity index (χ1) is 14.9. The third kappa shape index (κ3) is 4.19. The molecule has 1 aromatic carbocycles. The van der Waals surface area contributed by atoms with Gasteiger partial charge in [0, 0.05) is 24.6 Å². The number of anilines is 2. The number of benzene rings is 1. The van der Waals surface area contributed by atoms with Gasteiger partial charge in [0.1, 0.15) is 11.4 Å². The van der Waals surface area contributed by atoms with Crippen molar-refractivity contribution in [3.05, 3.63) is 41.1 Å². The van der Waals surface area contributed by atoms with E-state index in [1.54, 1.807) is 4.90 Å². The van der Waals surface area contributed by atoms with Gasteiger partial charge in [-0.1, -0.05) is 12.1 Å². The minimum Gasteiger partial charge on any atom is -0.481 e. The van der Waals surface area contributed by atoms with E-state index in [1.807, 2.05) is 19.1 Å². The highest BCUT2D eigenvalue weighted by atomic mass is 16.5. The van der Waals surface area contributed by atoms with Gasteiger partial charge in [-0.25, -0.2) is 0 Å². The number of carboxylic acid groups (broad SMARTS) is 1. The van der Waals surface area contributed by atoms with E-state index in [0.717, 1.165) is 31.4 Å². The molecule has 1 amide bonds. The summed E-state index contributed by atoms with van der Waals surface area (Å²) in [6.45, 7) is 1.99. The number of rotatable bonds is 5. The molecule has 1 fully saturated rings. The minimum atomic E-state index is -0.709. The maximum absolute atomic E-state index is 13.2. The molecule has 0 unspecified atom stereocenters. The number of carbonyl (C=O) groups excluding carboxylic acids is 1. The number of fused-ring (bicyclic) bond motifs is 1. The molecule has 1 aromatic heterocycles. The molecule has 3 N–H and O–H groups in total. The van der Waals surface area contributed by atoms with Crippen molar-refractivity contribution < 1.29 is 19.4 Å². The van der Waals surface area contributed by atoms with Crippen molar-refractivity contribution in [2.75, 3.05) is 17.7 Å². The van der Waals surface area contributed by atoms with Crippen molar-refractivity contribution in [1.29, 1.82) is 0 Å². The van der Waals surface area contributed by atoms with Crippen LogP contribution in [0.1, 0.15) is 66.6 Å². The van der Waals surface area contributed by atoms with E-state index in [4.69, 9.17) is 15.6 Å². The number of aliphatic carboxylic acids is 1. The lowest BCUT2D eigenvalue weighted by atomic mass is 9.77. The molecule has 164 valence electrons. The van der Waals surface area contributed by atoms with Crippen LogP contribution in [0.4, 0.5) is 11.5 Å². The number of hydrogen-bond acceptors (Lipinski definition) is 6. The van der Waals surface area contributed by atoms with Crippen LogP contribution in [-0.4, -0.2) is 40.1 Å². The predicted molar refractivity (Wildman–Crippen MR) is 116 cm³/mol. The molecule has 31 heavy (non-hydrogen) atoms. The molecule has 1 atom stereocenters. The Morgan fingerprint density at radius 2 is 1.87 bits per heavy atom. The highest BCUT2D eigenvalue weighted by Crippen LogP contribution is 2.38. The van der Waals surface area contributed by atoms with E-state index in [1.165, 1.54) is 12.7 Å². The summed E-state index contributed by atoms with van der Waals surface area (Å²) in [7, 11) is 1.47. The van der Waals surface area contributed by atoms with Gasteiger partial charge in [0.2, 0.25) is 0 Å². The monoisotopic (exact) mass is 424 g/mol. The number of amides is 1. The van der Waals surface area contributed by atoms with E-state index in [2.05, 4.69) is 22.1 Å². The van der Waals surface area contributed by atoms with Crippen LogP contribution in [-0.2, 0) is 11.2 Å². The third-order valence-electron chi connectivity index (χ3n) is 6.49. The van der Waals surface area contributed by atoms with Crippen molar-refractivity contribution in [1.82, 2.24) is 9.97 Å². The van der Waals surface area contributed by atoms with Crippen molar-refractivity contribution in [2.24, 2.45) is 5.92 Å². The molecule has 2 aromatic rings. The summed E-state index contributed by atoms with van der Waals surface area (Å²) in [5.41, 5.74) is 9.07. The topological polar surface area (TPSA) is 119 Å². The fraction of sp³-hybridized carbons (Fsp3) is 0.478. The zero-order valence-corrected chi connectivity index (χ0v) is 17.9.